The maximum Gasteiger partial charge on any atom is 0.238 e. The Morgan fingerprint density at radius 1 is 0.970 bits per heavy atom. The maximum absolute atomic E-state index is 12.9. The fourth-order valence-electron chi connectivity index (χ4n) is 5.16. The number of carbonyl (C=O) groups is 2. The summed E-state index contributed by atoms with van der Waals surface area (Å²) < 4.78 is 0. The fraction of sp³-hybridized carbons (Fsp3) is 0.500. The summed E-state index contributed by atoms with van der Waals surface area (Å²) in [5.74, 6) is -0.110. The number of benzene rings is 1. The van der Waals surface area contributed by atoms with Crippen molar-refractivity contribution in [2.45, 2.75) is 43.9 Å². The minimum Gasteiger partial charge on any atom is -0.372 e. The average Bonchev–Trinajstić information content (AvgIpc) is 3.14. The Balaban J connectivity index is 1.38. The molecule has 2 amide bonds. The second-order valence-corrected chi connectivity index (χ2v) is 9.19. The van der Waals surface area contributed by atoms with Gasteiger partial charge >= 0.3 is 0 Å². The minimum atomic E-state index is -0.733. The summed E-state index contributed by atoms with van der Waals surface area (Å²) >= 11 is 0. The summed E-state index contributed by atoms with van der Waals surface area (Å²) in [4.78, 5) is 34.7. The second-order valence-electron chi connectivity index (χ2n) is 9.19. The molecule has 3 heterocycles. The quantitative estimate of drug-likeness (QED) is 0.708. The number of hydrogen-bond donors (Lipinski definition) is 2. The molecule has 0 aliphatic carbocycles. The van der Waals surface area contributed by atoms with E-state index >= 15 is 0 Å². The highest BCUT2D eigenvalue weighted by Crippen LogP contribution is 2.33. The van der Waals surface area contributed by atoms with Gasteiger partial charge in [-0.3, -0.25) is 19.5 Å². The molecule has 1 atom stereocenters. The first-order chi connectivity index (χ1) is 16.1. The molecule has 2 aromatic rings. The fourth-order valence-corrected chi connectivity index (χ4v) is 5.16. The molecule has 0 bridgehead atoms. The highest BCUT2D eigenvalue weighted by molar-refractivity contribution is 5.93. The molecule has 1 aromatic heterocycles. The van der Waals surface area contributed by atoms with Crippen LogP contribution in [0.5, 0.6) is 0 Å². The third-order valence-corrected chi connectivity index (χ3v) is 6.88. The summed E-state index contributed by atoms with van der Waals surface area (Å²) in [7, 11) is 1.66. The van der Waals surface area contributed by atoms with Crippen LogP contribution in [0.3, 0.4) is 0 Å². The lowest BCUT2D eigenvalue weighted by molar-refractivity contribution is -0.130. The van der Waals surface area contributed by atoms with Gasteiger partial charge in [-0.2, -0.15) is 0 Å². The molecule has 1 unspecified atom stereocenters. The number of pyridine rings is 1. The van der Waals surface area contributed by atoms with Crippen molar-refractivity contribution in [3.8, 4) is 0 Å². The molecule has 0 spiro atoms. The highest BCUT2D eigenvalue weighted by Gasteiger charge is 2.44. The number of likely N-dealkylation sites (N-methyl/N-ethyl adjacent to an activating group) is 1. The standard InChI is InChI=1S/C26H35N5O2/c1-27-25(33)26(23-9-4-5-15-28-23)14-8-16-30(20-26)19-24(32)29-21-10-12-22(13-11-21)31-17-6-2-3-7-18-31/h4-5,9-13,15H,2-3,6-8,14,16-20H2,1H3,(H,27,33)(H,29,32). The predicted molar refractivity (Wildman–Crippen MR) is 131 cm³/mol. The van der Waals surface area contributed by atoms with Crippen LogP contribution in [0.15, 0.2) is 48.7 Å². The first-order valence-electron chi connectivity index (χ1n) is 12.1. The first-order valence-corrected chi connectivity index (χ1v) is 12.1. The van der Waals surface area contributed by atoms with E-state index in [-0.39, 0.29) is 18.4 Å². The van der Waals surface area contributed by atoms with Crippen LogP contribution in [0.4, 0.5) is 11.4 Å². The van der Waals surface area contributed by atoms with Gasteiger partial charge in [0.05, 0.1) is 12.2 Å². The number of amides is 2. The number of carbonyl (C=O) groups excluding carboxylic acids is 2. The van der Waals surface area contributed by atoms with Crippen molar-refractivity contribution in [2.24, 2.45) is 0 Å². The summed E-state index contributed by atoms with van der Waals surface area (Å²) in [5, 5.41) is 5.84. The number of piperidine rings is 1. The minimum absolute atomic E-state index is 0.0459. The SMILES string of the molecule is CNC(=O)C1(c2ccccn2)CCCN(CC(=O)Nc2ccc(N3CCCCCC3)cc2)C1. The molecule has 2 aliphatic rings. The van der Waals surface area contributed by atoms with Crippen molar-refractivity contribution in [3.63, 3.8) is 0 Å². The van der Waals surface area contributed by atoms with Crippen LogP contribution in [0.25, 0.3) is 0 Å². The number of nitrogens with zero attached hydrogens (tertiary/aromatic N) is 3. The Bertz CT molecular complexity index is 925. The monoisotopic (exact) mass is 449 g/mol. The number of rotatable bonds is 6. The van der Waals surface area contributed by atoms with Crippen LogP contribution in [0.1, 0.15) is 44.2 Å². The number of hydrogen-bond acceptors (Lipinski definition) is 5. The lowest BCUT2D eigenvalue weighted by Crippen LogP contribution is -2.55. The Morgan fingerprint density at radius 2 is 1.73 bits per heavy atom. The molecule has 2 aliphatic heterocycles. The van der Waals surface area contributed by atoms with E-state index in [1.807, 2.05) is 30.3 Å². The van der Waals surface area contributed by atoms with Gasteiger partial charge in [0.15, 0.2) is 0 Å². The highest BCUT2D eigenvalue weighted by atomic mass is 16.2. The molecule has 1 aromatic carbocycles. The summed E-state index contributed by atoms with van der Waals surface area (Å²) in [6.45, 7) is 3.71. The number of likely N-dealkylation sites (tertiary alicyclic amines) is 1. The van der Waals surface area contributed by atoms with Crippen LogP contribution >= 0.6 is 0 Å². The van der Waals surface area contributed by atoms with Gasteiger partial charge in [0, 0.05) is 44.3 Å². The van der Waals surface area contributed by atoms with E-state index in [0.717, 1.165) is 43.9 Å². The Kier molecular flexibility index (Phi) is 7.60. The third kappa shape index (κ3) is 5.53. The van der Waals surface area contributed by atoms with Crippen molar-refractivity contribution in [3.05, 3.63) is 54.4 Å². The molecule has 0 saturated carbocycles. The number of nitrogens with one attached hydrogen (secondary N) is 2. The predicted octanol–water partition coefficient (Wildman–Crippen LogP) is 3.18. The molecular formula is C26H35N5O2. The molecular weight excluding hydrogens is 414 g/mol. The van der Waals surface area contributed by atoms with Gasteiger partial charge in [0.25, 0.3) is 0 Å². The zero-order valence-electron chi connectivity index (χ0n) is 19.6. The molecule has 176 valence electrons. The van der Waals surface area contributed by atoms with Gasteiger partial charge < -0.3 is 15.5 Å². The maximum atomic E-state index is 12.9. The summed E-state index contributed by atoms with van der Waals surface area (Å²) in [5.41, 5.74) is 2.05. The third-order valence-electron chi connectivity index (χ3n) is 6.88. The lowest BCUT2D eigenvalue weighted by Gasteiger charge is -2.40. The van der Waals surface area contributed by atoms with E-state index in [4.69, 9.17) is 0 Å². The zero-order chi connectivity index (χ0) is 23.1. The Morgan fingerprint density at radius 3 is 2.39 bits per heavy atom. The molecule has 4 rings (SSSR count). The molecule has 33 heavy (non-hydrogen) atoms. The van der Waals surface area contributed by atoms with E-state index < -0.39 is 5.41 Å². The number of anilines is 2. The Hall–Kier alpha value is -2.93. The van der Waals surface area contributed by atoms with Gasteiger partial charge in [-0.05, 0) is 68.6 Å². The van der Waals surface area contributed by atoms with Crippen LogP contribution < -0.4 is 15.5 Å². The van der Waals surface area contributed by atoms with E-state index in [2.05, 4.69) is 37.6 Å². The van der Waals surface area contributed by atoms with E-state index in [0.29, 0.717) is 6.54 Å². The average molecular weight is 450 g/mol. The van der Waals surface area contributed by atoms with Crippen LogP contribution in [-0.4, -0.2) is 61.5 Å². The van der Waals surface area contributed by atoms with Gasteiger partial charge in [0.1, 0.15) is 5.41 Å². The molecule has 2 N–H and O–H groups in total. The van der Waals surface area contributed by atoms with E-state index in [9.17, 15) is 9.59 Å². The molecule has 7 heteroatoms. The zero-order valence-corrected chi connectivity index (χ0v) is 19.6. The lowest BCUT2D eigenvalue weighted by atomic mass is 9.75. The van der Waals surface area contributed by atoms with Gasteiger partial charge in [0.2, 0.25) is 11.8 Å². The summed E-state index contributed by atoms with van der Waals surface area (Å²) in [6, 6.07) is 13.8. The smallest absolute Gasteiger partial charge is 0.238 e. The molecule has 7 nitrogen and oxygen atoms in total. The van der Waals surface area contributed by atoms with Crippen molar-refractivity contribution in [1.29, 1.82) is 0 Å². The normalized spacial score (nSPS) is 21.8. The Labute approximate surface area is 196 Å². The van der Waals surface area contributed by atoms with E-state index in [1.165, 1.54) is 31.4 Å². The van der Waals surface area contributed by atoms with Crippen LogP contribution in [-0.2, 0) is 15.0 Å². The topological polar surface area (TPSA) is 77.6 Å². The first kappa shape index (κ1) is 23.2. The van der Waals surface area contributed by atoms with Gasteiger partial charge in [-0.15, -0.1) is 0 Å². The largest absolute Gasteiger partial charge is 0.372 e. The van der Waals surface area contributed by atoms with Crippen molar-refractivity contribution >= 4 is 23.2 Å². The molecule has 0 radical (unpaired) electrons. The van der Waals surface area contributed by atoms with Crippen molar-refractivity contribution in [1.82, 2.24) is 15.2 Å². The van der Waals surface area contributed by atoms with Crippen molar-refractivity contribution < 1.29 is 9.59 Å². The van der Waals surface area contributed by atoms with Crippen LogP contribution in [0, 0.1) is 0 Å². The summed E-state index contributed by atoms with van der Waals surface area (Å²) in [6.07, 6.45) is 8.38. The van der Waals surface area contributed by atoms with Crippen LogP contribution in [0.2, 0.25) is 0 Å². The van der Waals surface area contributed by atoms with Crippen molar-refractivity contribution in [2.75, 3.05) is 50.0 Å². The van der Waals surface area contributed by atoms with E-state index in [1.54, 1.807) is 13.2 Å². The second kappa shape index (κ2) is 10.8. The van der Waals surface area contributed by atoms with Gasteiger partial charge in [-0.25, -0.2) is 0 Å². The van der Waals surface area contributed by atoms with Gasteiger partial charge in [-0.1, -0.05) is 18.9 Å². The molecule has 2 saturated heterocycles. The number of aromatic nitrogens is 1. The molecule has 2 fully saturated rings.